The first-order valence-electron chi connectivity index (χ1n) is 9.35. The molecule has 0 aromatic carbocycles. The van der Waals surface area contributed by atoms with Crippen molar-refractivity contribution in [1.29, 1.82) is 5.26 Å². The minimum atomic E-state index is -4.91. The van der Waals surface area contributed by atoms with Crippen LogP contribution in [0.5, 0.6) is 5.88 Å². The molecule has 3 aromatic heterocycles. The minimum Gasteiger partial charge on any atom is -0.480 e. The summed E-state index contributed by atoms with van der Waals surface area (Å²) in [5.41, 5.74) is 0.557. The number of hydrogen-bond acceptors (Lipinski definition) is 9. The van der Waals surface area contributed by atoms with Crippen LogP contribution < -0.4 is 20.5 Å². The summed E-state index contributed by atoms with van der Waals surface area (Å²) in [6, 6.07) is 4.38. The second kappa shape index (κ2) is 8.96. The fourth-order valence-corrected chi connectivity index (χ4v) is 3.45. The summed E-state index contributed by atoms with van der Waals surface area (Å²) in [4.78, 5) is 21.8. The van der Waals surface area contributed by atoms with E-state index in [0.717, 1.165) is 4.80 Å². The van der Waals surface area contributed by atoms with Crippen molar-refractivity contribution in [2.75, 3.05) is 24.0 Å². The Hall–Kier alpha value is -4.22. The lowest BCUT2D eigenvalue weighted by molar-refractivity contribution is -0.114. The molecular weight excluding hydrogens is 479 g/mol. The van der Waals surface area contributed by atoms with Gasteiger partial charge in [0, 0.05) is 12.7 Å². The number of carbonyl (C=O) groups is 1. The van der Waals surface area contributed by atoms with Crippen molar-refractivity contribution in [1.82, 2.24) is 30.4 Å². The number of carbonyl (C=O) groups excluding carboxylic acids is 1. The Balaban J connectivity index is 1.68. The first-order chi connectivity index (χ1) is 16.2. The molecule has 1 aliphatic rings. The number of hydrogen-bond donors (Lipinski definition) is 2. The molecule has 0 atom stereocenters. The molecule has 0 saturated carbocycles. The van der Waals surface area contributed by atoms with Crippen LogP contribution in [-0.2, 0) is 4.79 Å². The number of amides is 1. The Morgan fingerprint density at radius 2 is 2.03 bits per heavy atom. The number of nitrogens with zero attached hydrogens (tertiary/aromatic N) is 7. The van der Waals surface area contributed by atoms with E-state index >= 15 is 0 Å². The van der Waals surface area contributed by atoms with Gasteiger partial charge in [0.05, 0.1) is 42.6 Å². The number of allylic oxidation sites excluding steroid dienone is 1. The second-order valence-electron chi connectivity index (χ2n) is 6.63. The van der Waals surface area contributed by atoms with Gasteiger partial charge in [-0.3, -0.25) is 9.80 Å². The zero-order chi connectivity index (χ0) is 24.5. The van der Waals surface area contributed by atoms with Crippen LogP contribution >= 0.6 is 11.6 Å². The lowest BCUT2D eigenvalue weighted by Gasteiger charge is -2.25. The first-order valence-corrected chi connectivity index (χ1v) is 9.73. The van der Waals surface area contributed by atoms with Gasteiger partial charge in [0.2, 0.25) is 5.88 Å². The van der Waals surface area contributed by atoms with Crippen LogP contribution in [0.15, 0.2) is 48.2 Å². The van der Waals surface area contributed by atoms with E-state index in [4.69, 9.17) is 16.3 Å². The quantitative estimate of drug-likeness (QED) is 0.551. The van der Waals surface area contributed by atoms with Crippen LogP contribution in [0.4, 0.5) is 24.5 Å². The molecule has 0 bridgehead atoms. The minimum absolute atomic E-state index is 0.000797. The van der Waals surface area contributed by atoms with E-state index in [1.165, 1.54) is 44.0 Å². The normalized spacial score (nSPS) is 13.7. The summed E-state index contributed by atoms with van der Waals surface area (Å²) < 4.78 is 47.0. The molecule has 0 aliphatic carbocycles. The Labute approximate surface area is 194 Å². The molecule has 3 aromatic rings. The molecule has 4 rings (SSSR count). The maximum absolute atomic E-state index is 14.0. The van der Waals surface area contributed by atoms with Gasteiger partial charge in [-0.15, -0.1) is 4.80 Å². The van der Waals surface area contributed by atoms with Gasteiger partial charge >= 0.3 is 6.18 Å². The standard InChI is InChI=1S/C19H13ClF3N9O2/c1-34-18-14(20)13(2-3-25-18)31-15(19(21,22)23)12(9-29-31)17(33)30-11-6-10(7-24)16(26-8-11)32-27-4-5-28-32/h2-6,8,29H,9H2,1H3,(H,30,33). The largest absolute Gasteiger partial charge is 0.480 e. The fraction of sp³-hybridized carbons (Fsp3) is 0.158. The molecule has 0 saturated heterocycles. The van der Waals surface area contributed by atoms with E-state index in [1.54, 1.807) is 0 Å². The van der Waals surface area contributed by atoms with Crippen LogP contribution in [0.25, 0.3) is 5.82 Å². The Kier molecular flexibility index (Phi) is 6.05. The maximum Gasteiger partial charge on any atom is 0.433 e. The highest BCUT2D eigenvalue weighted by atomic mass is 35.5. The molecule has 15 heteroatoms. The van der Waals surface area contributed by atoms with Gasteiger partial charge in [-0.25, -0.2) is 15.4 Å². The number of hydrazine groups is 1. The van der Waals surface area contributed by atoms with E-state index in [1.807, 2.05) is 6.07 Å². The number of halogens is 4. The van der Waals surface area contributed by atoms with E-state index in [9.17, 15) is 23.2 Å². The Morgan fingerprint density at radius 3 is 2.68 bits per heavy atom. The van der Waals surface area contributed by atoms with Crippen molar-refractivity contribution in [3.63, 3.8) is 0 Å². The van der Waals surface area contributed by atoms with Gasteiger partial charge in [-0.1, -0.05) is 11.6 Å². The molecule has 0 unspecified atom stereocenters. The number of rotatable bonds is 5. The molecule has 4 heterocycles. The summed E-state index contributed by atoms with van der Waals surface area (Å²) in [5, 5.41) is 20.0. The number of aromatic nitrogens is 5. The Bertz CT molecular complexity index is 1320. The van der Waals surface area contributed by atoms with E-state index < -0.39 is 29.9 Å². The highest BCUT2D eigenvalue weighted by Crippen LogP contribution is 2.41. The summed E-state index contributed by atoms with van der Waals surface area (Å²) in [6.45, 7) is -0.449. The number of nitriles is 1. The summed E-state index contributed by atoms with van der Waals surface area (Å²) in [7, 11) is 1.27. The van der Waals surface area contributed by atoms with Gasteiger partial charge in [0.15, 0.2) is 5.82 Å². The molecule has 0 radical (unpaired) electrons. The lowest BCUT2D eigenvalue weighted by Crippen LogP contribution is -2.37. The first kappa shape index (κ1) is 23.0. The molecule has 2 N–H and O–H groups in total. The van der Waals surface area contributed by atoms with Crippen LogP contribution in [0.1, 0.15) is 5.56 Å². The zero-order valence-electron chi connectivity index (χ0n) is 17.1. The predicted molar refractivity (Wildman–Crippen MR) is 112 cm³/mol. The van der Waals surface area contributed by atoms with Crippen molar-refractivity contribution in [2.45, 2.75) is 6.18 Å². The third-order valence-corrected chi connectivity index (χ3v) is 4.95. The predicted octanol–water partition coefficient (Wildman–Crippen LogP) is 2.37. The van der Waals surface area contributed by atoms with Crippen LogP contribution in [0.3, 0.4) is 0 Å². The van der Waals surface area contributed by atoms with E-state index in [-0.39, 0.29) is 33.7 Å². The summed E-state index contributed by atoms with van der Waals surface area (Å²) in [5.74, 6) is -1.03. The topological polar surface area (TPSA) is 134 Å². The number of ether oxygens (including phenoxy) is 1. The van der Waals surface area contributed by atoms with Crippen LogP contribution in [-0.4, -0.2) is 50.7 Å². The third kappa shape index (κ3) is 4.21. The molecule has 0 spiro atoms. The van der Waals surface area contributed by atoms with Crippen molar-refractivity contribution in [3.05, 3.63) is 58.8 Å². The average molecular weight is 492 g/mol. The van der Waals surface area contributed by atoms with Crippen molar-refractivity contribution >= 4 is 28.9 Å². The number of pyridine rings is 2. The summed E-state index contributed by atoms with van der Waals surface area (Å²) >= 11 is 6.14. The zero-order valence-corrected chi connectivity index (χ0v) is 17.9. The van der Waals surface area contributed by atoms with Gasteiger partial charge < -0.3 is 10.1 Å². The monoisotopic (exact) mass is 491 g/mol. The van der Waals surface area contributed by atoms with Gasteiger partial charge in [-0.2, -0.15) is 28.6 Å². The fourth-order valence-electron chi connectivity index (χ4n) is 3.18. The van der Waals surface area contributed by atoms with Gasteiger partial charge in [0.1, 0.15) is 22.4 Å². The molecule has 34 heavy (non-hydrogen) atoms. The lowest BCUT2D eigenvalue weighted by atomic mass is 10.1. The summed E-state index contributed by atoms with van der Waals surface area (Å²) in [6.07, 6.45) is 0.247. The molecule has 174 valence electrons. The van der Waals surface area contributed by atoms with Crippen molar-refractivity contribution < 1.29 is 22.7 Å². The molecule has 0 fully saturated rings. The molecule has 1 amide bonds. The third-order valence-electron chi connectivity index (χ3n) is 4.59. The SMILES string of the molecule is COc1nccc(N2NCC(C(=O)Nc3cnc(-n4nccn4)c(C#N)c3)=C2C(F)(F)F)c1Cl. The number of anilines is 2. The maximum atomic E-state index is 14.0. The van der Waals surface area contributed by atoms with Crippen molar-refractivity contribution in [3.8, 4) is 17.8 Å². The molecular formula is C19H13ClF3N9O2. The smallest absolute Gasteiger partial charge is 0.433 e. The number of nitrogens with one attached hydrogen (secondary N) is 2. The molecule has 11 nitrogen and oxygen atoms in total. The number of methoxy groups -OCH3 is 1. The van der Waals surface area contributed by atoms with Crippen molar-refractivity contribution in [2.24, 2.45) is 0 Å². The van der Waals surface area contributed by atoms with Gasteiger partial charge in [0.25, 0.3) is 5.91 Å². The average Bonchev–Trinajstić information content (AvgIpc) is 3.49. The van der Waals surface area contributed by atoms with E-state index in [0.29, 0.717) is 5.01 Å². The van der Waals surface area contributed by atoms with Crippen LogP contribution in [0.2, 0.25) is 5.02 Å². The highest BCUT2D eigenvalue weighted by Gasteiger charge is 2.46. The highest BCUT2D eigenvalue weighted by molar-refractivity contribution is 6.34. The molecule has 1 aliphatic heterocycles. The Morgan fingerprint density at radius 1 is 1.29 bits per heavy atom. The van der Waals surface area contributed by atoms with Crippen LogP contribution in [0, 0.1) is 11.3 Å². The van der Waals surface area contributed by atoms with Gasteiger partial charge in [-0.05, 0) is 12.1 Å². The number of alkyl halides is 3. The second-order valence-corrected chi connectivity index (χ2v) is 7.01. The van der Waals surface area contributed by atoms with E-state index in [2.05, 4.69) is 30.9 Å².